The SMILES string of the molecule is C[SiH](C)N(Cc1ccccc1)N=Cc1cccc(C=O)c1. The maximum atomic E-state index is 10.8. The van der Waals surface area contributed by atoms with Crippen LogP contribution in [-0.2, 0) is 6.54 Å². The summed E-state index contributed by atoms with van der Waals surface area (Å²) < 4.78 is 2.17. The molecule has 2 aromatic rings. The summed E-state index contributed by atoms with van der Waals surface area (Å²) in [6, 6.07) is 17.8. The third kappa shape index (κ3) is 4.68. The van der Waals surface area contributed by atoms with Crippen LogP contribution in [0.2, 0.25) is 13.1 Å². The monoisotopic (exact) mass is 296 g/mol. The molecule has 0 aliphatic rings. The molecule has 0 fully saturated rings. The Hall–Kier alpha value is -2.20. The molecule has 0 unspecified atom stereocenters. The van der Waals surface area contributed by atoms with Gasteiger partial charge < -0.3 is 4.67 Å². The van der Waals surface area contributed by atoms with Crippen LogP contribution in [-0.4, -0.2) is 26.1 Å². The zero-order valence-electron chi connectivity index (χ0n) is 12.4. The van der Waals surface area contributed by atoms with Gasteiger partial charge in [0.2, 0.25) is 0 Å². The van der Waals surface area contributed by atoms with Crippen molar-refractivity contribution in [2.45, 2.75) is 19.6 Å². The highest BCUT2D eigenvalue weighted by molar-refractivity contribution is 6.52. The van der Waals surface area contributed by atoms with E-state index in [2.05, 4.69) is 35.0 Å². The van der Waals surface area contributed by atoms with Gasteiger partial charge in [0.15, 0.2) is 8.96 Å². The van der Waals surface area contributed by atoms with Crippen LogP contribution < -0.4 is 0 Å². The first-order valence-electron chi connectivity index (χ1n) is 7.09. The molecule has 0 saturated carbocycles. The molecule has 0 amide bonds. The van der Waals surface area contributed by atoms with Crippen molar-refractivity contribution >= 4 is 21.5 Å². The molecule has 0 spiro atoms. The minimum absolute atomic E-state index is 0.676. The van der Waals surface area contributed by atoms with Gasteiger partial charge in [0.05, 0.1) is 12.8 Å². The van der Waals surface area contributed by atoms with Gasteiger partial charge in [0.25, 0.3) is 0 Å². The largest absolute Gasteiger partial charge is 0.324 e. The highest BCUT2D eigenvalue weighted by Gasteiger charge is 2.07. The number of hydrogen-bond acceptors (Lipinski definition) is 3. The topological polar surface area (TPSA) is 32.7 Å². The zero-order chi connectivity index (χ0) is 15.1. The molecule has 0 aromatic heterocycles. The Bertz CT molecular complexity index is 611. The molecule has 0 N–H and O–H groups in total. The number of aldehydes is 1. The Morgan fingerprint density at radius 1 is 1.05 bits per heavy atom. The Kier molecular flexibility index (Phi) is 5.46. The van der Waals surface area contributed by atoms with Crippen LogP contribution in [0.3, 0.4) is 0 Å². The van der Waals surface area contributed by atoms with Gasteiger partial charge in [-0.25, -0.2) is 0 Å². The summed E-state index contributed by atoms with van der Waals surface area (Å²) in [5.41, 5.74) is 2.89. The van der Waals surface area contributed by atoms with Gasteiger partial charge in [-0.1, -0.05) is 61.6 Å². The fraction of sp³-hybridized carbons (Fsp3) is 0.176. The fourth-order valence-electron chi connectivity index (χ4n) is 1.98. The average Bonchev–Trinajstić information content (AvgIpc) is 2.52. The summed E-state index contributed by atoms with van der Waals surface area (Å²) >= 11 is 0. The maximum Gasteiger partial charge on any atom is 0.157 e. The van der Waals surface area contributed by atoms with Crippen molar-refractivity contribution in [2.75, 3.05) is 0 Å². The molecule has 4 heteroatoms. The van der Waals surface area contributed by atoms with Gasteiger partial charge in [0, 0.05) is 5.56 Å². The molecule has 21 heavy (non-hydrogen) atoms. The van der Waals surface area contributed by atoms with Crippen molar-refractivity contribution in [3.05, 3.63) is 71.3 Å². The molecule has 0 aliphatic heterocycles. The first kappa shape index (κ1) is 15.2. The summed E-state index contributed by atoms with van der Waals surface area (Å²) in [6.45, 7) is 5.33. The summed E-state index contributed by atoms with van der Waals surface area (Å²) in [5.74, 6) is 0. The average molecular weight is 296 g/mol. The van der Waals surface area contributed by atoms with Crippen molar-refractivity contribution < 1.29 is 4.79 Å². The molecule has 0 saturated heterocycles. The summed E-state index contributed by atoms with van der Waals surface area (Å²) in [6.07, 6.45) is 2.69. The van der Waals surface area contributed by atoms with E-state index in [1.807, 2.05) is 42.6 Å². The molecule has 108 valence electrons. The van der Waals surface area contributed by atoms with Crippen LogP contribution in [0.15, 0.2) is 59.7 Å². The van der Waals surface area contributed by atoms with E-state index < -0.39 is 8.96 Å². The molecular weight excluding hydrogens is 276 g/mol. The van der Waals surface area contributed by atoms with Crippen LogP contribution >= 0.6 is 0 Å². The molecule has 0 bridgehead atoms. The van der Waals surface area contributed by atoms with Crippen molar-refractivity contribution in [1.82, 2.24) is 4.67 Å². The van der Waals surface area contributed by atoms with Gasteiger partial charge in [-0.3, -0.25) is 4.79 Å². The number of nitrogens with zero attached hydrogens (tertiary/aromatic N) is 2. The lowest BCUT2D eigenvalue weighted by Crippen LogP contribution is -2.29. The molecule has 0 aliphatic carbocycles. The first-order valence-corrected chi connectivity index (χ1v) is 9.91. The summed E-state index contributed by atoms with van der Waals surface area (Å²) in [5, 5.41) is 4.62. The predicted octanol–water partition coefficient (Wildman–Crippen LogP) is 3.32. The molecule has 3 nitrogen and oxygen atoms in total. The van der Waals surface area contributed by atoms with E-state index in [-0.39, 0.29) is 0 Å². The number of benzene rings is 2. The van der Waals surface area contributed by atoms with Crippen LogP contribution in [0.4, 0.5) is 0 Å². The summed E-state index contributed by atoms with van der Waals surface area (Å²) in [7, 11) is -1.05. The van der Waals surface area contributed by atoms with Crippen molar-refractivity contribution in [3.8, 4) is 0 Å². The number of hydrazone groups is 1. The van der Waals surface area contributed by atoms with Gasteiger partial charge in [-0.15, -0.1) is 0 Å². The van der Waals surface area contributed by atoms with Gasteiger partial charge in [-0.05, 0) is 17.2 Å². The molecule has 0 atom stereocenters. The van der Waals surface area contributed by atoms with Crippen LogP contribution in [0.25, 0.3) is 0 Å². The highest BCUT2D eigenvalue weighted by Crippen LogP contribution is 2.08. The Balaban J connectivity index is 2.12. The minimum atomic E-state index is -1.05. The van der Waals surface area contributed by atoms with E-state index in [0.29, 0.717) is 5.56 Å². The second-order valence-corrected chi connectivity index (χ2v) is 7.99. The smallest absolute Gasteiger partial charge is 0.157 e. The van der Waals surface area contributed by atoms with Gasteiger partial charge in [-0.2, -0.15) is 5.10 Å². The Morgan fingerprint density at radius 3 is 2.43 bits per heavy atom. The third-order valence-corrected chi connectivity index (χ3v) is 4.69. The number of carbonyl (C=O) groups is 1. The lowest BCUT2D eigenvalue weighted by Gasteiger charge is -2.22. The van der Waals surface area contributed by atoms with Gasteiger partial charge in [0.1, 0.15) is 6.29 Å². The highest BCUT2D eigenvalue weighted by atomic mass is 28.3. The van der Waals surface area contributed by atoms with Crippen molar-refractivity contribution in [2.24, 2.45) is 5.10 Å². The Labute approximate surface area is 127 Å². The standard InChI is InChI=1S/C17H20N2OSi/c1-21(2)19(13-15-7-4-3-5-8-15)18-12-16-9-6-10-17(11-16)14-20/h3-12,14,21H,13H2,1-2H3. The maximum absolute atomic E-state index is 10.8. The van der Waals surface area contributed by atoms with E-state index in [4.69, 9.17) is 0 Å². The van der Waals surface area contributed by atoms with Crippen LogP contribution in [0.5, 0.6) is 0 Å². The molecule has 0 heterocycles. The molecule has 2 rings (SSSR count). The molecular formula is C17H20N2OSi. The normalized spacial score (nSPS) is 11.0. The van der Waals surface area contributed by atoms with E-state index in [1.165, 1.54) is 5.56 Å². The van der Waals surface area contributed by atoms with E-state index in [1.54, 1.807) is 6.07 Å². The minimum Gasteiger partial charge on any atom is -0.324 e. The molecule has 2 aromatic carbocycles. The number of hydrogen-bond donors (Lipinski definition) is 0. The first-order chi connectivity index (χ1) is 10.2. The zero-order valence-corrected chi connectivity index (χ0v) is 13.6. The van der Waals surface area contributed by atoms with Crippen LogP contribution in [0.1, 0.15) is 21.5 Å². The van der Waals surface area contributed by atoms with Gasteiger partial charge >= 0.3 is 0 Å². The van der Waals surface area contributed by atoms with Crippen molar-refractivity contribution in [1.29, 1.82) is 0 Å². The quantitative estimate of drug-likeness (QED) is 0.354. The number of rotatable bonds is 6. The molecule has 0 radical (unpaired) electrons. The lowest BCUT2D eigenvalue weighted by molar-refractivity contribution is 0.112. The van der Waals surface area contributed by atoms with E-state index in [9.17, 15) is 4.79 Å². The Morgan fingerprint density at radius 2 is 1.76 bits per heavy atom. The van der Waals surface area contributed by atoms with E-state index >= 15 is 0 Å². The second-order valence-electron chi connectivity index (χ2n) is 5.21. The van der Waals surface area contributed by atoms with E-state index in [0.717, 1.165) is 18.4 Å². The predicted molar refractivity (Wildman–Crippen MR) is 90.3 cm³/mol. The lowest BCUT2D eigenvalue weighted by atomic mass is 10.1. The fourth-order valence-corrected chi connectivity index (χ4v) is 2.89. The van der Waals surface area contributed by atoms with Crippen LogP contribution in [0, 0.1) is 0 Å². The summed E-state index contributed by atoms with van der Waals surface area (Å²) in [4.78, 5) is 10.8. The second kappa shape index (κ2) is 7.55. The third-order valence-electron chi connectivity index (χ3n) is 3.19. The van der Waals surface area contributed by atoms with Crippen molar-refractivity contribution in [3.63, 3.8) is 0 Å². The number of carbonyl (C=O) groups excluding carboxylic acids is 1.